The Kier molecular flexibility index (Phi) is 5.09. The predicted octanol–water partition coefficient (Wildman–Crippen LogP) is 4.39. The van der Waals surface area contributed by atoms with Crippen molar-refractivity contribution >= 4 is 37.6 Å². The molecule has 4 aromatic rings. The van der Waals surface area contributed by atoms with Crippen molar-refractivity contribution in [2.75, 3.05) is 4.72 Å². The van der Waals surface area contributed by atoms with Crippen molar-refractivity contribution in [1.29, 1.82) is 0 Å². The molecule has 0 amide bonds. The van der Waals surface area contributed by atoms with Gasteiger partial charge >= 0.3 is 5.76 Å². The third-order valence-electron chi connectivity index (χ3n) is 5.52. The van der Waals surface area contributed by atoms with Gasteiger partial charge in [0.05, 0.1) is 12.1 Å². The molecule has 0 aliphatic heterocycles. The molecule has 1 atom stereocenters. The minimum Gasteiger partial charge on any atom is -0.408 e. The lowest BCUT2D eigenvalue weighted by molar-refractivity contribution is 0.301. The summed E-state index contributed by atoms with van der Waals surface area (Å²) in [4.78, 5) is 15.7. The van der Waals surface area contributed by atoms with E-state index in [1.807, 2.05) is 0 Å². The van der Waals surface area contributed by atoms with Gasteiger partial charge in [-0.1, -0.05) is 18.2 Å². The molecule has 1 unspecified atom stereocenters. The highest BCUT2D eigenvalue weighted by molar-refractivity contribution is 7.93. The monoisotopic (exact) mass is 477 g/mol. The van der Waals surface area contributed by atoms with Gasteiger partial charge < -0.3 is 4.42 Å². The molecule has 1 aliphatic carbocycles. The van der Waals surface area contributed by atoms with Crippen LogP contribution in [0, 0.1) is 5.82 Å². The number of anilines is 1. The summed E-state index contributed by atoms with van der Waals surface area (Å²) in [5.41, 5.74) is 2.26. The van der Waals surface area contributed by atoms with E-state index in [0.29, 0.717) is 24.8 Å². The minimum atomic E-state index is -4.28. The maximum absolute atomic E-state index is 14.9. The van der Waals surface area contributed by atoms with E-state index in [1.54, 1.807) is 23.6 Å². The molecule has 1 aliphatic rings. The third-order valence-corrected chi connectivity index (χ3v) is 7.70. The maximum Gasteiger partial charge on any atom is 0.420 e. The van der Waals surface area contributed by atoms with Crippen LogP contribution in [-0.4, -0.2) is 18.0 Å². The van der Waals surface area contributed by atoms with Crippen molar-refractivity contribution in [2.24, 2.45) is 0 Å². The summed E-state index contributed by atoms with van der Waals surface area (Å²) in [6.07, 6.45) is 2.22. The number of fused-ring (bicyclic) bond motifs is 2. The molecule has 11 heteroatoms. The minimum absolute atomic E-state index is 0.0601. The Morgan fingerprint density at radius 1 is 1.31 bits per heavy atom. The number of alkyl halides is 1. The first-order valence-corrected chi connectivity index (χ1v) is 12.2. The molecule has 2 heterocycles. The van der Waals surface area contributed by atoms with Crippen molar-refractivity contribution in [2.45, 2.75) is 36.9 Å². The van der Waals surface area contributed by atoms with Gasteiger partial charge in [0, 0.05) is 23.7 Å². The second-order valence-electron chi connectivity index (χ2n) is 7.49. The average molecular weight is 478 g/mol. The SMILES string of the molecule is O=c1oc2cc(S(=O)(=O)Nc3nccs3)c(F)cc2n1Cc1cccc2c1CCCC2F. The fraction of sp³-hybridized carbons (Fsp3) is 0.238. The Labute approximate surface area is 185 Å². The topological polar surface area (TPSA) is 94.2 Å². The molecule has 0 radical (unpaired) electrons. The van der Waals surface area contributed by atoms with E-state index in [-0.39, 0.29) is 22.8 Å². The molecule has 32 heavy (non-hydrogen) atoms. The van der Waals surface area contributed by atoms with E-state index in [4.69, 9.17) is 4.42 Å². The van der Waals surface area contributed by atoms with Gasteiger partial charge in [0.2, 0.25) is 0 Å². The summed E-state index contributed by atoms with van der Waals surface area (Å²) >= 11 is 1.04. The molecule has 5 rings (SSSR count). The van der Waals surface area contributed by atoms with Gasteiger partial charge in [-0.25, -0.2) is 27.0 Å². The van der Waals surface area contributed by atoms with Crippen LogP contribution in [0.25, 0.3) is 11.1 Å². The van der Waals surface area contributed by atoms with Crippen molar-refractivity contribution in [1.82, 2.24) is 9.55 Å². The molecule has 0 saturated heterocycles. The van der Waals surface area contributed by atoms with Crippen LogP contribution in [0.15, 0.2) is 56.0 Å². The first-order chi connectivity index (χ1) is 15.3. The van der Waals surface area contributed by atoms with Crippen molar-refractivity contribution < 1.29 is 21.6 Å². The van der Waals surface area contributed by atoms with Crippen molar-refractivity contribution in [3.63, 3.8) is 0 Å². The summed E-state index contributed by atoms with van der Waals surface area (Å²) in [6, 6.07) is 7.22. The molecule has 1 N–H and O–H groups in total. The summed E-state index contributed by atoms with van der Waals surface area (Å²) in [5.74, 6) is -1.79. The van der Waals surface area contributed by atoms with E-state index >= 15 is 0 Å². The summed E-state index contributed by atoms with van der Waals surface area (Å²) in [5, 5.41) is 1.66. The van der Waals surface area contributed by atoms with Crippen LogP contribution in [0.2, 0.25) is 0 Å². The number of aromatic nitrogens is 2. The number of rotatable bonds is 5. The number of benzene rings is 2. The number of nitrogens with one attached hydrogen (secondary N) is 1. The lowest BCUT2D eigenvalue weighted by Crippen LogP contribution is -2.18. The summed E-state index contributed by atoms with van der Waals surface area (Å²) in [7, 11) is -4.28. The highest BCUT2D eigenvalue weighted by Crippen LogP contribution is 2.35. The van der Waals surface area contributed by atoms with Crippen LogP contribution in [0.4, 0.5) is 13.9 Å². The van der Waals surface area contributed by atoms with Gasteiger partial charge in [0.1, 0.15) is 16.9 Å². The third kappa shape index (κ3) is 3.61. The second kappa shape index (κ2) is 7.82. The van der Waals surface area contributed by atoms with E-state index in [1.165, 1.54) is 10.8 Å². The zero-order valence-electron chi connectivity index (χ0n) is 16.5. The number of hydrogen-bond acceptors (Lipinski definition) is 6. The number of thiazole rings is 1. The largest absolute Gasteiger partial charge is 0.420 e. The van der Waals surface area contributed by atoms with Crippen LogP contribution >= 0.6 is 11.3 Å². The van der Waals surface area contributed by atoms with Crippen LogP contribution in [0.5, 0.6) is 0 Å². The number of oxazole rings is 1. The van der Waals surface area contributed by atoms with Gasteiger partial charge in [-0.15, -0.1) is 11.3 Å². The van der Waals surface area contributed by atoms with Crippen LogP contribution in [-0.2, 0) is 23.0 Å². The number of halogens is 2. The Bertz CT molecular complexity index is 1480. The molecule has 0 saturated carbocycles. The zero-order valence-corrected chi connectivity index (χ0v) is 18.2. The smallest absolute Gasteiger partial charge is 0.408 e. The Morgan fingerprint density at radius 2 is 2.16 bits per heavy atom. The molecule has 0 fully saturated rings. The molecule has 0 bridgehead atoms. The highest BCUT2D eigenvalue weighted by Gasteiger charge is 2.25. The lowest BCUT2D eigenvalue weighted by atomic mass is 9.87. The summed E-state index contributed by atoms with van der Waals surface area (Å²) in [6.45, 7) is 0.0601. The molecule has 7 nitrogen and oxygen atoms in total. The van der Waals surface area contributed by atoms with Gasteiger partial charge in [0.15, 0.2) is 10.7 Å². The normalized spacial score (nSPS) is 16.2. The second-order valence-corrected chi connectivity index (χ2v) is 10.0. The predicted molar refractivity (Wildman–Crippen MR) is 116 cm³/mol. The maximum atomic E-state index is 14.9. The number of hydrogen-bond donors (Lipinski definition) is 1. The Balaban J connectivity index is 1.56. The number of nitrogens with zero attached hydrogens (tertiary/aromatic N) is 2. The molecule has 166 valence electrons. The summed E-state index contributed by atoms with van der Waals surface area (Å²) < 4.78 is 63.0. The first kappa shape index (κ1) is 20.8. The first-order valence-electron chi connectivity index (χ1n) is 9.83. The molecule has 2 aromatic carbocycles. The van der Waals surface area contributed by atoms with E-state index < -0.39 is 32.7 Å². The number of sulfonamides is 1. The standard InChI is InChI=1S/C21H17F2N3O4S2/c22-15-6-2-4-13-12(3-1-5-14(13)15)11-26-17-9-16(23)19(10-18(17)30-21(26)27)32(28,29)25-20-24-7-8-31-20/h1,3,5,7-10,15H,2,4,6,11H2,(H,24,25). The van der Waals surface area contributed by atoms with Gasteiger partial charge in [0.25, 0.3) is 10.0 Å². The van der Waals surface area contributed by atoms with Gasteiger partial charge in [-0.05, 0) is 36.0 Å². The molecule has 2 aromatic heterocycles. The fourth-order valence-electron chi connectivity index (χ4n) is 4.05. The van der Waals surface area contributed by atoms with Gasteiger partial charge in [-0.2, -0.15) is 0 Å². The van der Waals surface area contributed by atoms with Crippen LogP contribution in [0.1, 0.15) is 35.7 Å². The molecule has 0 spiro atoms. The lowest BCUT2D eigenvalue weighted by Gasteiger charge is -2.22. The average Bonchev–Trinajstić information content (AvgIpc) is 3.35. The van der Waals surface area contributed by atoms with E-state index in [0.717, 1.165) is 34.6 Å². The van der Waals surface area contributed by atoms with Crippen molar-refractivity contribution in [3.05, 3.63) is 75.0 Å². The quantitative estimate of drug-likeness (QED) is 0.460. The van der Waals surface area contributed by atoms with Crippen LogP contribution < -0.4 is 10.5 Å². The Hall–Kier alpha value is -3.05. The van der Waals surface area contributed by atoms with E-state index in [9.17, 15) is 22.0 Å². The van der Waals surface area contributed by atoms with E-state index in [2.05, 4.69) is 9.71 Å². The molecular formula is C21H17F2N3O4S2. The van der Waals surface area contributed by atoms with Crippen molar-refractivity contribution in [3.8, 4) is 0 Å². The zero-order chi connectivity index (χ0) is 22.5. The van der Waals surface area contributed by atoms with Crippen LogP contribution in [0.3, 0.4) is 0 Å². The van der Waals surface area contributed by atoms with Gasteiger partial charge in [-0.3, -0.25) is 9.29 Å². The Morgan fingerprint density at radius 3 is 2.94 bits per heavy atom. The fourth-order valence-corrected chi connectivity index (χ4v) is 5.91. The molecular weight excluding hydrogens is 460 g/mol. The highest BCUT2D eigenvalue weighted by atomic mass is 32.2.